The van der Waals surface area contributed by atoms with Gasteiger partial charge >= 0.3 is 0 Å². The fourth-order valence-electron chi connectivity index (χ4n) is 7.35. The van der Waals surface area contributed by atoms with E-state index in [1.807, 2.05) is 61.4 Å². The van der Waals surface area contributed by atoms with Gasteiger partial charge in [-0.05, 0) is 113 Å². The first kappa shape index (κ1) is 46.6. The largest absolute Gasteiger partial charge is 0.494 e. The summed E-state index contributed by atoms with van der Waals surface area (Å²) in [6.07, 6.45) is 7.06. The average molecular weight is 819 g/mol. The van der Waals surface area contributed by atoms with E-state index in [0.717, 1.165) is 72.0 Å². The highest BCUT2D eigenvalue weighted by atomic mass is 16.5. The van der Waals surface area contributed by atoms with Crippen LogP contribution in [0.4, 0.5) is 11.4 Å². The number of anilines is 2. The van der Waals surface area contributed by atoms with E-state index in [0.29, 0.717) is 69.0 Å². The molecule has 12 nitrogen and oxygen atoms in total. The number of nitrogens with zero attached hydrogens (tertiary/aromatic N) is 4. The lowest BCUT2D eigenvalue weighted by molar-refractivity contribution is -0.130. The molecule has 60 heavy (non-hydrogen) atoms. The smallest absolute Gasteiger partial charge is 0.227 e. The van der Waals surface area contributed by atoms with Gasteiger partial charge in [0.25, 0.3) is 0 Å². The number of amides is 1. The summed E-state index contributed by atoms with van der Waals surface area (Å²) >= 11 is 0. The molecule has 0 aliphatic carbocycles. The van der Waals surface area contributed by atoms with Crippen LogP contribution in [0.5, 0.6) is 0 Å². The maximum atomic E-state index is 13.1. The predicted molar refractivity (Wildman–Crippen MR) is 240 cm³/mol. The Morgan fingerprint density at radius 3 is 2.20 bits per heavy atom. The molecule has 0 radical (unpaired) electrons. The van der Waals surface area contributed by atoms with Gasteiger partial charge in [0, 0.05) is 92.6 Å². The van der Waals surface area contributed by atoms with Gasteiger partial charge in [-0.25, -0.2) is 4.99 Å². The minimum absolute atomic E-state index is 0.0511. The molecule has 0 aromatic heterocycles. The zero-order valence-electron chi connectivity index (χ0n) is 36.5. The topological polar surface area (TPSA) is 141 Å². The third kappa shape index (κ3) is 13.0. The first-order valence-electron chi connectivity index (χ1n) is 20.7. The van der Waals surface area contributed by atoms with Gasteiger partial charge in [-0.3, -0.25) is 19.2 Å². The second-order valence-corrected chi connectivity index (χ2v) is 15.6. The third-order valence-corrected chi connectivity index (χ3v) is 11.1. The third-order valence-electron chi connectivity index (χ3n) is 11.1. The lowest BCUT2D eigenvalue weighted by atomic mass is 10.00. The summed E-state index contributed by atoms with van der Waals surface area (Å²) in [5, 5.41) is 6.73. The molecular weight excluding hydrogens is 757 g/mol. The van der Waals surface area contributed by atoms with E-state index in [-0.39, 0.29) is 29.2 Å². The Morgan fingerprint density at radius 2 is 1.62 bits per heavy atom. The van der Waals surface area contributed by atoms with Gasteiger partial charge in [0.1, 0.15) is 30.3 Å². The number of carbonyl (C=O) groups excluding carboxylic acids is 5. The number of ether oxygens (including phenoxy) is 1. The first-order chi connectivity index (χ1) is 28.6. The number of benzene rings is 2. The Balaban J connectivity index is 0.000000790. The van der Waals surface area contributed by atoms with Crippen molar-refractivity contribution >= 4 is 47.1 Å². The highest BCUT2D eigenvalue weighted by Gasteiger charge is 2.24. The highest BCUT2D eigenvalue weighted by Crippen LogP contribution is 2.27. The van der Waals surface area contributed by atoms with Crippen LogP contribution in [0.1, 0.15) is 94.0 Å². The Labute approximate surface area is 355 Å². The van der Waals surface area contributed by atoms with Crippen molar-refractivity contribution in [1.82, 2.24) is 15.1 Å². The molecule has 1 fully saturated rings. The Hall–Kier alpha value is -6.04. The number of ketones is 3. The minimum atomic E-state index is -0.132. The average Bonchev–Trinajstić information content (AvgIpc) is 3.23. The van der Waals surface area contributed by atoms with Gasteiger partial charge in [0.2, 0.25) is 5.91 Å². The number of aldehydes is 1. The second kappa shape index (κ2) is 22.4. The van der Waals surface area contributed by atoms with Crippen molar-refractivity contribution in [2.75, 3.05) is 62.6 Å². The van der Waals surface area contributed by atoms with E-state index in [4.69, 9.17) is 4.74 Å². The van der Waals surface area contributed by atoms with Crippen molar-refractivity contribution < 1.29 is 28.7 Å². The number of carbonyl (C=O) groups is 5. The van der Waals surface area contributed by atoms with E-state index in [1.165, 1.54) is 25.0 Å². The van der Waals surface area contributed by atoms with Crippen molar-refractivity contribution in [2.45, 2.75) is 74.1 Å². The molecule has 3 heterocycles. The zero-order chi connectivity index (χ0) is 43.9. The van der Waals surface area contributed by atoms with Crippen LogP contribution in [0.3, 0.4) is 0 Å². The predicted octanol–water partition coefficient (Wildman–Crippen LogP) is 7.46. The minimum Gasteiger partial charge on any atom is -0.494 e. The van der Waals surface area contributed by atoms with E-state index < -0.39 is 0 Å². The SMILES string of the molecule is C=C/C(=C(/C)C1=C(C)OCCN1)N1CCC(/C=N\C(=C)Nc2ccc(CC(=O)N3CCN(c4ccc(C(C)=O)c(C(C)=O)c4)CC3)cc2)=C(C)C1.CC(=O)C(C)CCC=O. The monoisotopic (exact) mass is 818 g/mol. The molecule has 2 aromatic rings. The van der Waals surface area contributed by atoms with E-state index in [9.17, 15) is 24.0 Å². The summed E-state index contributed by atoms with van der Waals surface area (Å²) < 4.78 is 5.76. The maximum absolute atomic E-state index is 13.1. The number of hydrogen-bond donors (Lipinski definition) is 2. The molecule has 2 aromatic carbocycles. The Bertz CT molecular complexity index is 2070. The zero-order valence-corrected chi connectivity index (χ0v) is 36.5. The molecule has 1 atom stereocenters. The molecule has 320 valence electrons. The highest BCUT2D eigenvalue weighted by molar-refractivity contribution is 6.07. The number of nitrogens with one attached hydrogen (secondary N) is 2. The number of piperazine rings is 1. The molecule has 1 amide bonds. The standard InChI is InChI=1S/C41H50N6O4.C7H12O2/c1-8-39(28(3)41-31(6)51-22-16-42-41)47-17-15-34(27(2)26-47)25-43-32(7)44-35-11-9-33(10-12-35)23-40(50)46-20-18-45(19-21-46)36-13-14-37(29(4)48)38(24-36)30(5)49;1-6(7(2)9)4-3-5-8/h8-14,24-25,42,44H,1,7,15-23,26H2,2-6H3;5-6H,3-4H2,1-2H3/b39-28+,43-25-;. The molecule has 0 saturated carbocycles. The molecule has 1 unspecified atom stereocenters. The number of allylic oxidation sites excluding steroid dienone is 3. The van der Waals surface area contributed by atoms with E-state index >= 15 is 0 Å². The molecule has 3 aliphatic rings. The quantitative estimate of drug-likeness (QED) is 0.0760. The van der Waals surface area contributed by atoms with Crippen LogP contribution in [0, 0.1) is 5.92 Å². The van der Waals surface area contributed by atoms with Crippen molar-refractivity contribution in [3.63, 3.8) is 0 Å². The van der Waals surface area contributed by atoms with Crippen molar-refractivity contribution in [3.05, 3.63) is 118 Å². The van der Waals surface area contributed by atoms with Crippen LogP contribution in [-0.2, 0) is 25.5 Å². The molecule has 0 bridgehead atoms. The van der Waals surface area contributed by atoms with Gasteiger partial charge in [0.15, 0.2) is 11.6 Å². The normalized spacial score (nSPS) is 16.5. The van der Waals surface area contributed by atoms with Gasteiger partial charge < -0.3 is 34.9 Å². The number of hydrogen-bond acceptors (Lipinski definition) is 11. The summed E-state index contributed by atoms with van der Waals surface area (Å²) in [6, 6.07) is 13.2. The van der Waals surface area contributed by atoms with Gasteiger partial charge in [0.05, 0.1) is 12.1 Å². The van der Waals surface area contributed by atoms with E-state index in [1.54, 1.807) is 19.1 Å². The maximum Gasteiger partial charge on any atom is 0.227 e. The summed E-state index contributed by atoms with van der Waals surface area (Å²) in [5.41, 5.74) is 9.30. The van der Waals surface area contributed by atoms with Crippen molar-refractivity contribution in [3.8, 4) is 0 Å². The van der Waals surface area contributed by atoms with Gasteiger partial charge in [-0.15, -0.1) is 0 Å². The van der Waals surface area contributed by atoms with Crippen molar-refractivity contribution in [2.24, 2.45) is 10.9 Å². The second-order valence-electron chi connectivity index (χ2n) is 15.6. The Morgan fingerprint density at radius 1 is 0.933 bits per heavy atom. The van der Waals surface area contributed by atoms with Crippen LogP contribution in [0.2, 0.25) is 0 Å². The van der Waals surface area contributed by atoms with Gasteiger partial charge in [-0.1, -0.05) is 32.2 Å². The van der Waals surface area contributed by atoms with Crippen molar-refractivity contribution in [1.29, 1.82) is 0 Å². The molecule has 5 rings (SSSR count). The van der Waals surface area contributed by atoms with Crippen LogP contribution in [-0.4, -0.2) is 98.0 Å². The Kier molecular flexibility index (Phi) is 17.4. The molecule has 12 heteroatoms. The lowest BCUT2D eigenvalue weighted by Gasteiger charge is -2.36. The molecule has 1 saturated heterocycles. The summed E-state index contributed by atoms with van der Waals surface area (Å²) in [5.74, 6) is 1.49. The molecule has 3 aliphatic heterocycles. The molecular formula is C48H62N6O6. The molecule has 2 N–H and O–H groups in total. The number of aliphatic imine (C=N–C) groups is 1. The molecule has 0 spiro atoms. The van der Waals surface area contributed by atoms with Crippen LogP contribution < -0.4 is 15.5 Å². The summed E-state index contributed by atoms with van der Waals surface area (Å²) in [4.78, 5) is 68.6. The van der Waals surface area contributed by atoms with E-state index in [2.05, 4.69) is 52.4 Å². The van der Waals surface area contributed by atoms with Crippen LogP contribution >= 0.6 is 0 Å². The fourth-order valence-corrected chi connectivity index (χ4v) is 7.35. The lowest BCUT2D eigenvalue weighted by Crippen LogP contribution is -2.49. The summed E-state index contributed by atoms with van der Waals surface area (Å²) in [6.45, 7) is 26.4. The van der Waals surface area contributed by atoms with Gasteiger partial charge in [-0.2, -0.15) is 0 Å². The first-order valence-corrected chi connectivity index (χ1v) is 20.7. The van der Waals surface area contributed by atoms with Crippen LogP contribution in [0.15, 0.2) is 106 Å². The van der Waals surface area contributed by atoms with Crippen LogP contribution in [0.25, 0.3) is 0 Å². The summed E-state index contributed by atoms with van der Waals surface area (Å²) in [7, 11) is 0. The fraction of sp³-hybridized carbons (Fsp3) is 0.417. The number of rotatable bonds is 16. The number of Topliss-reactive ketones (excluding diaryl/α,β-unsaturated/α-hetero) is 3.